The number of amidine groups is 1. The molecule has 0 aliphatic heterocycles. The largest absolute Gasteiger partial charge is 0.382 e. The topological polar surface area (TPSA) is 62.8 Å². The first kappa shape index (κ1) is 13.9. The number of nitrogens with one attached hydrogen (secondary N) is 1. The molecule has 0 aliphatic carbocycles. The van der Waals surface area contributed by atoms with Gasteiger partial charge >= 0.3 is 0 Å². The van der Waals surface area contributed by atoms with Gasteiger partial charge in [-0.15, -0.1) is 0 Å². The molecule has 0 saturated carbocycles. The van der Waals surface area contributed by atoms with Crippen molar-refractivity contribution in [3.8, 4) is 0 Å². The Balaban J connectivity index is 2.00. The van der Waals surface area contributed by atoms with Gasteiger partial charge in [0.25, 0.3) is 0 Å². The number of nitrogens with zero attached hydrogens (tertiary/aromatic N) is 1. The Bertz CT molecular complexity index is 586. The maximum atomic E-state index is 7.49. The summed E-state index contributed by atoms with van der Waals surface area (Å²) < 4.78 is 0. The second-order valence-electron chi connectivity index (χ2n) is 4.01. The van der Waals surface area contributed by atoms with Gasteiger partial charge < -0.3 is 5.73 Å². The molecule has 1 aromatic heterocycles. The molecule has 1 aromatic carbocycles. The van der Waals surface area contributed by atoms with Crippen LogP contribution in [0.15, 0.2) is 42.6 Å². The molecule has 0 saturated heterocycles. The van der Waals surface area contributed by atoms with Crippen LogP contribution in [0.3, 0.4) is 0 Å². The Morgan fingerprint density at radius 2 is 1.84 bits per heavy atom. The molecule has 0 unspecified atom stereocenters. The molecule has 0 fully saturated rings. The highest BCUT2D eigenvalue weighted by Crippen LogP contribution is 2.23. The van der Waals surface area contributed by atoms with E-state index in [1.807, 2.05) is 36.4 Å². The van der Waals surface area contributed by atoms with Gasteiger partial charge in [0.15, 0.2) is 0 Å². The van der Waals surface area contributed by atoms with Crippen LogP contribution in [-0.2, 0) is 11.5 Å². The van der Waals surface area contributed by atoms with Crippen LogP contribution in [0.5, 0.6) is 0 Å². The number of hydrogen-bond acceptors (Lipinski definition) is 3. The number of benzene rings is 1. The number of rotatable bonds is 5. The van der Waals surface area contributed by atoms with Gasteiger partial charge in [-0.25, -0.2) is 0 Å². The highest BCUT2D eigenvalue weighted by Gasteiger charge is 2.06. The molecule has 1 heterocycles. The zero-order valence-corrected chi connectivity index (χ0v) is 11.8. The Kier molecular flexibility index (Phi) is 4.82. The van der Waals surface area contributed by atoms with E-state index in [0.717, 1.165) is 27.7 Å². The van der Waals surface area contributed by atoms with E-state index >= 15 is 0 Å². The summed E-state index contributed by atoms with van der Waals surface area (Å²) in [6, 6.07) is 11.6. The molecule has 0 radical (unpaired) electrons. The van der Waals surface area contributed by atoms with E-state index in [-0.39, 0.29) is 5.84 Å². The van der Waals surface area contributed by atoms with Gasteiger partial charge in [0.1, 0.15) is 11.5 Å². The third kappa shape index (κ3) is 3.72. The number of hydrogen-bond donors (Lipinski definition) is 2. The summed E-state index contributed by atoms with van der Waals surface area (Å²) in [6.45, 7) is 0. The predicted molar refractivity (Wildman–Crippen MR) is 81.7 cm³/mol. The van der Waals surface area contributed by atoms with E-state index in [1.165, 1.54) is 0 Å². The summed E-state index contributed by atoms with van der Waals surface area (Å²) in [5.74, 6) is 1.59. The second-order valence-corrected chi connectivity index (χ2v) is 5.40. The fourth-order valence-corrected chi connectivity index (χ4v) is 2.99. The van der Waals surface area contributed by atoms with Gasteiger partial charge in [-0.05, 0) is 23.3 Å². The van der Waals surface area contributed by atoms with E-state index in [4.69, 9.17) is 22.7 Å². The summed E-state index contributed by atoms with van der Waals surface area (Å²) in [7, 11) is 0. The molecule has 0 bridgehead atoms. The summed E-state index contributed by atoms with van der Waals surface area (Å²) in [4.78, 5) is 4.13. The molecule has 0 amide bonds. The molecule has 19 heavy (non-hydrogen) atoms. The van der Waals surface area contributed by atoms with E-state index in [9.17, 15) is 0 Å². The van der Waals surface area contributed by atoms with Gasteiger partial charge in [-0.2, -0.15) is 11.8 Å². The average molecular weight is 292 g/mol. The minimum atomic E-state index is 0.00828. The third-order valence-corrected chi connectivity index (χ3v) is 4.02. The number of nitrogens with two attached hydrogens (primary N) is 1. The van der Waals surface area contributed by atoms with Crippen LogP contribution in [0.25, 0.3) is 0 Å². The van der Waals surface area contributed by atoms with Crippen LogP contribution >= 0.6 is 23.4 Å². The molecular weight excluding hydrogens is 278 g/mol. The molecule has 2 aromatic rings. The van der Waals surface area contributed by atoms with Gasteiger partial charge in [0.2, 0.25) is 0 Å². The van der Waals surface area contributed by atoms with Crippen molar-refractivity contribution in [2.45, 2.75) is 11.5 Å². The zero-order chi connectivity index (χ0) is 13.7. The molecule has 2 rings (SSSR count). The minimum Gasteiger partial charge on any atom is -0.382 e. The number of pyridine rings is 1. The lowest BCUT2D eigenvalue weighted by molar-refractivity contribution is 1.19. The second kappa shape index (κ2) is 6.59. The Hall–Kier alpha value is -1.52. The van der Waals surface area contributed by atoms with E-state index in [0.29, 0.717) is 5.69 Å². The van der Waals surface area contributed by atoms with Crippen molar-refractivity contribution in [1.29, 1.82) is 5.41 Å². The number of thioether (sulfide) groups is 1. The summed E-state index contributed by atoms with van der Waals surface area (Å²) in [5, 5.41) is 8.28. The van der Waals surface area contributed by atoms with Crippen LogP contribution in [0.2, 0.25) is 5.02 Å². The summed E-state index contributed by atoms with van der Waals surface area (Å²) in [6.07, 6.45) is 1.65. The van der Waals surface area contributed by atoms with Crippen LogP contribution in [-0.4, -0.2) is 10.8 Å². The fourth-order valence-electron chi connectivity index (χ4n) is 1.68. The van der Waals surface area contributed by atoms with Crippen LogP contribution in [0.1, 0.15) is 16.8 Å². The molecule has 5 heteroatoms. The molecular formula is C14H14ClN3S. The van der Waals surface area contributed by atoms with Crippen LogP contribution in [0, 0.1) is 5.41 Å². The molecule has 0 spiro atoms. The SMILES string of the molecule is N=C(N)c1ncccc1CSCc1ccccc1Cl. The third-order valence-electron chi connectivity index (χ3n) is 2.62. The number of aromatic nitrogens is 1. The average Bonchev–Trinajstić information content (AvgIpc) is 2.41. The Morgan fingerprint density at radius 1 is 1.16 bits per heavy atom. The first-order valence-corrected chi connectivity index (χ1v) is 7.31. The lowest BCUT2D eigenvalue weighted by Crippen LogP contribution is -2.15. The van der Waals surface area contributed by atoms with Gasteiger partial charge in [0.05, 0.1) is 0 Å². The van der Waals surface area contributed by atoms with Crippen molar-refractivity contribution < 1.29 is 0 Å². The summed E-state index contributed by atoms with van der Waals surface area (Å²) in [5.41, 5.74) is 8.17. The first-order valence-electron chi connectivity index (χ1n) is 5.78. The minimum absolute atomic E-state index is 0.00828. The van der Waals surface area contributed by atoms with Crippen molar-refractivity contribution in [2.24, 2.45) is 5.73 Å². The summed E-state index contributed by atoms with van der Waals surface area (Å²) >= 11 is 7.84. The number of halogens is 1. The lowest BCUT2D eigenvalue weighted by atomic mass is 10.2. The molecule has 3 N–H and O–H groups in total. The van der Waals surface area contributed by atoms with Crippen LogP contribution in [0.4, 0.5) is 0 Å². The zero-order valence-electron chi connectivity index (χ0n) is 10.3. The monoisotopic (exact) mass is 291 g/mol. The van der Waals surface area contributed by atoms with Crippen LogP contribution < -0.4 is 5.73 Å². The normalized spacial score (nSPS) is 10.4. The van der Waals surface area contributed by atoms with Crippen molar-refractivity contribution in [1.82, 2.24) is 4.98 Å². The maximum absolute atomic E-state index is 7.49. The lowest BCUT2D eigenvalue weighted by Gasteiger charge is -2.07. The van der Waals surface area contributed by atoms with Crippen molar-refractivity contribution in [2.75, 3.05) is 0 Å². The van der Waals surface area contributed by atoms with Crippen molar-refractivity contribution >= 4 is 29.2 Å². The maximum Gasteiger partial charge on any atom is 0.142 e. The Labute approximate surface area is 121 Å². The molecule has 0 aliphatic rings. The highest BCUT2D eigenvalue weighted by molar-refractivity contribution is 7.97. The van der Waals surface area contributed by atoms with E-state index in [1.54, 1.807) is 18.0 Å². The van der Waals surface area contributed by atoms with E-state index in [2.05, 4.69) is 4.98 Å². The standard InChI is InChI=1S/C14H14ClN3S/c15-12-6-2-1-4-10(12)8-19-9-11-5-3-7-18-13(11)14(16)17/h1-7H,8-9H2,(H3,16,17). The smallest absolute Gasteiger partial charge is 0.142 e. The quantitative estimate of drug-likeness (QED) is 0.655. The van der Waals surface area contributed by atoms with Gasteiger partial charge in [-0.3, -0.25) is 10.4 Å². The number of nitrogen functional groups attached to an aromatic ring is 1. The molecule has 98 valence electrons. The predicted octanol–water partition coefficient (Wildman–Crippen LogP) is 3.45. The van der Waals surface area contributed by atoms with Gasteiger partial charge in [0, 0.05) is 22.7 Å². The van der Waals surface area contributed by atoms with Crippen molar-refractivity contribution in [3.63, 3.8) is 0 Å². The Morgan fingerprint density at radius 3 is 2.58 bits per heavy atom. The highest BCUT2D eigenvalue weighted by atomic mass is 35.5. The first-order chi connectivity index (χ1) is 9.18. The fraction of sp³-hybridized carbons (Fsp3) is 0.143. The van der Waals surface area contributed by atoms with Gasteiger partial charge in [-0.1, -0.05) is 35.9 Å². The van der Waals surface area contributed by atoms with Crippen molar-refractivity contribution in [3.05, 3.63) is 64.4 Å². The molecule has 0 atom stereocenters. The van der Waals surface area contributed by atoms with E-state index < -0.39 is 0 Å². The molecule has 3 nitrogen and oxygen atoms in total.